The third-order valence-electron chi connectivity index (χ3n) is 3.38. The molecule has 0 fully saturated rings. The molecule has 1 aliphatic heterocycles. The second-order valence-electron chi connectivity index (χ2n) is 4.28. The van der Waals surface area contributed by atoms with Gasteiger partial charge in [-0.15, -0.1) is 0 Å². The minimum absolute atomic E-state index is 0.0619. The highest BCUT2D eigenvalue weighted by atomic mass is 16.1. The molecule has 0 saturated heterocycles. The fourth-order valence-corrected chi connectivity index (χ4v) is 2.59. The Morgan fingerprint density at radius 1 is 0.706 bits per heavy atom. The monoisotopic (exact) mass is 224 g/mol. The van der Waals surface area contributed by atoms with Gasteiger partial charge in [0, 0.05) is 22.9 Å². The van der Waals surface area contributed by atoms with Crippen LogP contribution in [0, 0.1) is 0 Å². The van der Waals surface area contributed by atoms with Crippen LogP contribution in [-0.4, -0.2) is 9.13 Å². The van der Waals surface area contributed by atoms with E-state index < -0.39 is 0 Å². The molecule has 4 rings (SSSR count). The van der Waals surface area contributed by atoms with Gasteiger partial charge in [-0.1, -0.05) is 12.1 Å². The van der Waals surface area contributed by atoms with E-state index in [9.17, 15) is 9.59 Å². The Labute approximate surface area is 95.3 Å². The Balaban J connectivity index is 2.46. The normalized spacial score (nSPS) is 12.9. The Morgan fingerprint density at radius 3 is 1.59 bits per heavy atom. The Kier molecular flexibility index (Phi) is 1.37. The maximum absolute atomic E-state index is 11.8. The third-order valence-corrected chi connectivity index (χ3v) is 3.38. The molecule has 0 saturated carbocycles. The van der Waals surface area contributed by atoms with Crippen molar-refractivity contribution in [2.24, 2.45) is 0 Å². The van der Waals surface area contributed by atoms with Gasteiger partial charge in [-0.05, 0) is 12.1 Å². The summed E-state index contributed by atoms with van der Waals surface area (Å²) in [6.07, 6.45) is 0. The lowest BCUT2D eigenvalue weighted by Gasteiger charge is -2.01. The zero-order valence-corrected chi connectivity index (χ0v) is 8.88. The van der Waals surface area contributed by atoms with Crippen LogP contribution in [0.2, 0.25) is 0 Å². The molecule has 1 aromatic carbocycles. The van der Waals surface area contributed by atoms with Crippen molar-refractivity contribution >= 4 is 21.8 Å². The smallest absolute Gasteiger partial charge is 0.252 e. The average Bonchev–Trinajstić information content (AvgIpc) is 2.75. The summed E-state index contributed by atoms with van der Waals surface area (Å²) in [7, 11) is 0. The molecular formula is C13H8N2O2. The van der Waals surface area contributed by atoms with E-state index >= 15 is 0 Å². The van der Waals surface area contributed by atoms with Crippen molar-refractivity contribution in [2.75, 3.05) is 0 Å². The van der Waals surface area contributed by atoms with Gasteiger partial charge in [0.1, 0.15) is 6.67 Å². The highest BCUT2D eigenvalue weighted by Gasteiger charge is 2.17. The lowest BCUT2D eigenvalue weighted by atomic mass is 10.1. The number of rotatable bonds is 0. The molecule has 0 unspecified atom stereocenters. The van der Waals surface area contributed by atoms with Gasteiger partial charge in [-0.25, -0.2) is 0 Å². The summed E-state index contributed by atoms with van der Waals surface area (Å²) >= 11 is 0. The van der Waals surface area contributed by atoms with Gasteiger partial charge in [0.25, 0.3) is 11.1 Å². The zero-order chi connectivity index (χ0) is 11.6. The first-order valence-electron chi connectivity index (χ1n) is 5.42. The van der Waals surface area contributed by atoms with Crippen LogP contribution >= 0.6 is 0 Å². The predicted octanol–water partition coefficient (Wildman–Crippen LogP) is 1.14. The Morgan fingerprint density at radius 2 is 1.12 bits per heavy atom. The largest absolute Gasteiger partial charge is 0.287 e. The molecule has 4 nitrogen and oxygen atoms in total. The first kappa shape index (κ1) is 8.75. The highest BCUT2D eigenvalue weighted by Crippen LogP contribution is 2.26. The Hall–Kier alpha value is -2.36. The summed E-state index contributed by atoms with van der Waals surface area (Å²) in [6, 6.07) is 10.7. The van der Waals surface area contributed by atoms with Crippen molar-refractivity contribution in [3.8, 4) is 0 Å². The van der Waals surface area contributed by atoms with Gasteiger partial charge in [0.2, 0.25) is 0 Å². The lowest BCUT2D eigenvalue weighted by molar-refractivity contribution is 0.637. The summed E-state index contributed by atoms with van der Waals surface area (Å²) in [5, 5.41) is 1.99. The molecule has 17 heavy (non-hydrogen) atoms. The number of benzene rings is 1. The summed E-state index contributed by atoms with van der Waals surface area (Å²) in [5.41, 5.74) is 1.61. The van der Waals surface area contributed by atoms with Gasteiger partial charge in [-0.2, -0.15) is 0 Å². The topological polar surface area (TPSA) is 44.0 Å². The zero-order valence-electron chi connectivity index (χ0n) is 8.88. The minimum atomic E-state index is -0.0619. The summed E-state index contributed by atoms with van der Waals surface area (Å²) in [4.78, 5) is 23.6. The van der Waals surface area contributed by atoms with Crippen molar-refractivity contribution in [1.29, 1.82) is 0 Å². The minimum Gasteiger partial charge on any atom is -0.287 e. The fourth-order valence-electron chi connectivity index (χ4n) is 2.59. The van der Waals surface area contributed by atoms with Crippen LogP contribution < -0.4 is 11.1 Å². The van der Waals surface area contributed by atoms with Gasteiger partial charge < -0.3 is 0 Å². The Bertz CT molecular complexity index is 828. The SMILES string of the molecule is O=c1ccc2ccc3ccc(=O)n4c3c2n1C4. The molecule has 4 heteroatoms. The number of hydrogen-bond acceptors (Lipinski definition) is 2. The van der Waals surface area contributed by atoms with Crippen LogP contribution in [0.15, 0.2) is 46.0 Å². The second kappa shape index (κ2) is 2.66. The van der Waals surface area contributed by atoms with Gasteiger partial charge in [-0.3, -0.25) is 18.7 Å². The van der Waals surface area contributed by atoms with E-state index in [1.54, 1.807) is 33.4 Å². The van der Waals surface area contributed by atoms with E-state index in [0.29, 0.717) is 6.67 Å². The molecule has 0 bridgehead atoms. The van der Waals surface area contributed by atoms with Crippen molar-refractivity contribution in [2.45, 2.75) is 6.67 Å². The van der Waals surface area contributed by atoms with Crippen LogP contribution in [0.3, 0.4) is 0 Å². The summed E-state index contributed by atoms with van der Waals surface area (Å²) < 4.78 is 3.30. The molecule has 2 aromatic heterocycles. The van der Waals surface area contributed by atoms with Crippen LogP contribution in [0.1, 0.15) is 0 Å². The summed E-state index contributed by atoms with van der Waals surface area (Å²) in [6.45, 7) is 0.325. The van der Waals surface area contributed by atoms with Gasteiger partial charge in [0.05, 0.1) is 11.0 Å². The van der Waals surface area contributed by atoms with Crippen LogP contribution in [0.4, 0.5) is 0 Å². The number of pyridine rings is 2. The first-order chi connectivity index (χ1) is 8.25. The van der Waals surface area contributed by atoms with Crippen LogP contribution in [0.5, 0.6) is 0 Å². The number of aromatic nitrogens is 2. The molecule has 0 aliphatic carbocycles. The molecule has 82 valence electrons. The van der Waals surface area contributed by atoms with E-state index in [4.69, 9.17) is 0 Å². The third kappa shape index (κ3) is 0.927. The van der Waals surface area contributed by atoms with Crippen molar-refractivity contribution in [3.05, 3.63) is 57.1 Å². The van der Waals surface area contributed by atoms with E-state index in [1.807, 2.05) is 12.1 Å². The van der Waals surface area contributed by atoms with Gasteiger partial charge >= 0.3 is 0 Å². The van der Waals surface area contributed by atoms with Gasteiger partial charge in [0.15, 0.2) is 0 Å². The van der Waals surface area contributed by atoms with E-state index in [-0.39, 0.29) is 11.1 Å². The van der Waals surface area contributed by atoms with Crippen LogP contribution in [-0.2, 0) is 6.67 Å². The fraction of sp³-hybridized carbons (Fsp3) is 0.0769. The molecule has 0 N–H and O–H groups in total. The molecule has 0 amide bonds. The summed E-state index contributed by atoms with van der Waals surface area (Å²) in [5.74, 6) is 0. The number of hydrogen-bond donors (Lipinski definition) is 0. The maximum atomic E-state index is 11.8. The molecule has 0 atom stereocenters. The molecule has 3 heterocycles. The molecular weight excluding hydrogens is 216 g/mol. The van der Waals surface area contributed by atoms with Crippen molar-refractivity contribution < 1.29 is 0 Å². The standard InChI is InChI=1S/C13H8N2O2/c16-10-5-3-8-1-2-9-4-6-11(17)15-7-14(10)12(8)13(9)15/h1-6H,7H2. The molecule has 0 spiro atoms. The quantitative estimate of drug-likeness (QED) is 0.420. The van der Waals surface area contributed by atoms with E-state index in [1.165, 1.54) is 0 Å². The second-order valence-corrected chi connectivity index (χ2v) is 4.28. The van der Waals surface area contributed by atoms with E-state index in [0.717, 1.165) is 21.8 Å². The maximum Gasteiger partial charge on any atom is 0.252 e. The number of nitrogens with zero attached hydrogens (tertiary/aromatic N) is 2. The van der Waals surface area contributed by atoms with Crippen LogP contribution in [0.25, 0.3) is 21.8 Å². The molecule has 1 aliphatic rings. The average molecular weight is 224 g/mol. The van der Waals surface area contributed by atoms with Crippen molar-refractivity contribution in [1.82, 2.24) is 9.13 Å². The first-order valence-corrected chi connectivity index (χ1v) is 5.42. The lowest BCUT2D eigenvalue weighted by Crippen LogP contribution is -2.23. The molecule has 3 aromatic rings. The predicted molar refractivity (Wildman–Crippen MR) is 65.4 cm³/mol. The highest BCUT2D eigenvalue weighted by molar-refractivity contribution is 6.04. The van der Waals surface area contributed by atoms with E-state index in [2.05, 4.69) is 0 Å². The van der Waals surface area contributed by atoms with Crippen molar-refractivity contribution in [3.63, 3.8) is 0 Å². The molecule has 0 radical (unpaired) electrons.